The molecule has 2 amide bonds. The Morgan fingerprint density at radius 3 is 2.43 bits per heavy atom. The fraction of sp³-hybridized carbons (Fsp3) is 0.100. The van der Waals surface area contributed by atoms with Crippen molar-refractivity contribution in [1.82, 2.24) is 15.3 Å². The maximum atomic E-state index is 12.7. The molecule has 0 fully saturated rings. The van der Waals surface area contributed by atoms with Crippen molar-refractivity contribution in [3.05, 3.63) is 76.3 Å². The number of H-pyrrole nitrogens is 1. The zero-order valence-electron chi connectivity index (χ0n) is 15.3. The Morgan fingerprint density at radius 1 is 1.04 bits per heavy atom. The standard InChI is InChI=1S/C20H18N4O4/c1-21-18(25)14-5-3-4-6-15(14)22-19(26)17-11-16(23-20(27)24-17)12-7-9-13(28-2)10-8-12/h3-11H,1-2H3,(H,21,25)(H,22,26)(H,23,24,27). The molecule has 0 radical (unpaired) electrons. The average Bonchev–Trinajstić information content (AvgIpc) is 2.73. The van der Waals surface area contributed by atoms with Crippen molar-refractivity contribution in [1.29, 1.82) is 0 Å². The number of hydrogen-bond donors (Lipinski definition) is 3. The number of aromatic nitrogens is 2. The van der Waals surface area contributed by atoms with E-state index in [1.807, 2.05) is 0 Å². The van der Waals surface area contributed by atoms with Crippen LogP contribution in [0.15, 0.2) is 59.4 Å². The highest BCUT2D eigenvalue weighted by molar-refractivity contribution is 6.08. The first-order valence-electron chi connectivity index (χ1n) is 8.40. The summed E-state index contributed by atoms with van der Waals surface area (Å²) in [5.74, 6) is -0.235. The number of rotatable bonds is 5. The number of carbonyl (C=O) groups is 2. The van der Waals surface area contributed by atoms with Gasteiger partial charge < -0.3 is 20.4 Å². The molecule has 0 saturated carbocycles. The van der Waals surface area contributed by atoms with E-state index in [1.165, 1.54) is 13.1 Å². The van der Waals surface area contributed by atoms with E-state index in [1.54, 1.807) is 55.6 Å². The van der Waals surface area contributed by atoms with Gasteiger partial charge >= 0.3 is 5.69 Å². The van der Waals surface area contributed by atoms with Gasteiger partial charge in [-0.2, -0.15) is 4.98 Å². The molecule has 0 spiro atoms. The van der Waals surface area contributed by atoms with Gasteiger partial charge in [0.15, 0.2) is 0 Å². The Labute approximate surface area is 160 Å². The largest absolute Gasteiger partial charge is 0.497 e. The van der Waals surface area contributed by atoms with Gasteiger partial charge in [0.2, 0.25) is 0 Å². The molecular formula is C20H18N4O4. The Bertz CT molecular complexity index is 1070. The lowest BCUT2D eigenvalue weighted by Crippen LogP contribution is -2.24. The van der Waals surface area contributed by atoms with Crippen LogP contribution < -0.4 is 21.1 Å². The Kier molecular flexibility index (Phi) is 5.50. The van der Waals surface area contributed by atoms with Gasteiger partial charge in [0, 0.05) is 12.6 Å². The molecule has 8 heteroatoms. The summed E-state index contributed by atoms with van der Waals surface area (Å²) in [5, 5.41) is 5.16. The van der Waals surface area contributed by atoms with Gasteiger partial charge in [-0.05, 0) is 42.5 Å². The van der Waals surface area contributed by atoms with E-state index in [2.05, 4.69) is 20.6 Å². The van der Waals surface area contributed by atoms with E-state index in [9.17, 15) is 14.4 Å². The van der Waals surface area contributed by atoms with Crippen molar-refractivity contribution in [2.45, 2.75) is 0 Å². The molecule has 0 bridgehead atoms. The lowest BCUT2D eigenvalue weighted by molar-refractivity contribution is 0.0964. The van der Waals surface area contributed by atoms with Crippen LogP contribution in [0.2, 0.25) is 0 Å². The number of anilines is 1. The van der Waals surface area contributed by atoms with Crippen LogP contribution in [0.25, 0.3) is 11.3 Å². The van der Waals surface area contributed by atoms with Gasteiger partial charge in [0.05, 0.1) is 24.1 Å². The fourth-order valence-electron chi connectivity index (χ4n) is 2.60. The van der Waals surface area contributed by atoms with Crippen molar-refractivity contribution in [3.8, 4) is 17.0 Å². The van der Waals surface area contributed by atoms with Gasteiger partial charge in [-0.25, -0.2) is 4.79 Å². The molecule has 0 aliphatic rings. The van der Waals surface area contributed by atoms with Crippen LogP contribution in [0.5, 0.6) is 5.75 Å². The van der Waals surface area contributed by atoms with E-state index < -0.39 is 11.6 Å². The number of nitrogens with one attached hydrogen (secondary N) is 3. The molecule has 3 N–H and O–H groups in total. The summed E-state index contributed by atoms with van der Waals surface area (Å²) in [6, 6.07) is 15.0. The quantitative estimate of drug-likeness (QED) is 0.629. The summed E-state index contributed by atoms with van der Waals surface area (Å²) < 4.78 is 5.11. The van der Waals surface area contributed by atoms with Gasteiger partial charge in [0.25, 0.3) is 11.8 Å². The maximum absolute atomic E-state index is 12.7. The number of ether oxygens (including phenoxy) is 1. The minimum absolute atomic E-state index is 0.0255. The number of aromatic amines is 1. The Balaban J connectivity index is 1.92. The molecule has 0 unspecified atom stereocenters. The monoisotopic (exact) mass is 378 g/mol. The molecule has 0 aliphatic heterocycles. The van der Waals surface area contributed by atoms with Crippen LogP contribution in [0.4, 0.5) is 5.69 Å². The van der Waals surface area contributed by atoms with E-state index in [0.717, 1.165) is 0 Å². The van der Waals surface area contributed by atoms with Crippen LogP contribution in [0.3, 0.4) is 0 Å². The first-order chi connectivity index (χ1) is 13.5. The van der Waals surface area contributed by atoms with Crippen LogP contribution in [-0.4, -0.2) is 35.9 Å². The molecule has 0 saturated heterocycles. The highest BCUT2D eigenvalue weighted by Crippen LogP contribution is 2.21. The summed E-state index contributed by atoms with van der Waals surface area (Å²) in [6.45, 7) is 0. The number of benzene rings is 2. The number of nitrogens with zero attached hydrogens (tertiary/aromatic N) is 1. The van der Waals surface area contributed by atoms with E-state index in [0.29, 0.717) is 28.3 Å². The summed E-state index contributed by atoms with van der Waals surface area (Å²) >= 11 is 0. The predicted octanol–water partition coefficient (Wildman–Crippen LogP) is 2.06. The van der Waals surface area contributed by atoms with Crippen molar-refractivity contribution in [2.24, 2.45) is 0 Å². The highest BCUT2D eigenvalue weighted by atomic mass is 16.5. The second-order valence-electron chi connectivity index (χ2n) is 5.79. The summed E-state index contributed by atoms with van der Waals surface area (Å²) in [4.78, 5) is 42.9. The lowest BCUT2D eigenvalue weighted by Gasteiger charge is -2.10. The van der Waals surface area contributed by atoms with Crippen molar-refractivity contribution >= 4 is 17.5 Å². The smallest absolute Gasteiger partial charge is 0.346 e. The predicted molar refractivity (Wildman–Crippen MR) is 105 cm³/mol. The number of carbonyl (C=O) groups excluding carboxylic acids is 2. The zero-order chi connectivity index (χ0) is 20.1. The third-order valence-electron chi connectivity index (χ3n) is 4.02. The molecule has 1 aromatic heterocycles. The van der Waals surface area contributed by atoms with Gasteiger partial charge in [-0.3, -0.25) is 9.59 Å². The van der Waals surface area contributed by atoms with E-state index >= 15 is 0 Å². The molecule has 3 rings (SSSR count). The SMILES string of the molecule is CNC(=O)c1ccccc1NC(=O)c1cc(-c2ccc(OC)cc2)nc(=O)[nH]1. The molecule has 1 heterocycles. The number of hydrogen-bond acceptors (Lipinski definition) is 5. The summed E-state index contributed by atoms with van der Waals surface area (Å²) in [6.07, 6.45) is 0. The van der Waals surface area contributed by atoms with Crippen molar-refractivity contribution in [2.75, 3.05) is 19.5 Å². The maximum Gasteiger partial charge on any atom is 0.346 e. The normalized spacial score (nSPS) is 10.2. The molecule has 8 nitrogen and oxygen atoms in total. The van der Waals surface area contributed by atoms with Gasteiger partial charge in [0.1, 0.15) is 11.4 Å². The first-order valence-corrected chi connectivity index (χ1v) is 8.40. The number of amides is 2. The van der Waals surface area contributed by atoms with Crippen LogP contribution in [0.1, 0.15) is 20.8 Å². The highest BCUT2D eigenvalue weighted by Gasteiger charge is 2.15. The minimum Gasteiger partial charge on any atom is -0.497 e. The molecule has 2 aromatic carbocycles. The second kappa shape index (κ2) is 8.17. The second-order valence-corrected chi connectivity index (χ2v) is 5.79. The molecule has 28 heavy (non-hydrogen) atoms. The van der Waals surface area contributed by atoms with Crippen molar-refractivity contribution in [3.63, 3.8) is 0 Å². The minimum atomic E-state index is -0.655. The summed E-state index contributed by atoms with van der Waals surface area (Å²) in [7, 11) is 3.06. The third kappa shape index (κ3) is 4.07. The zero-order valence-corrected chi connectivity index (χ0v) is 15.3. The van der Waals surface area contributed by atoms with E-state index in [4.69, 9.17) is 4.74 Å². The molecule has 0 atom stereocenters. The number of methoxy groups -OCH3 is 1. The lowest BCUT2D eigenvalue weighted by atomic mass is 10.1. The van der Waals surface area contributed by atoms with E-state index in [-0.39, 0.29) is 11.6 Å². The fourth-order valence-corrected chi connectivity index (χ4v) is 2.60. The Hall–Kier alpha value is -3.94. The summed E-state index contributed by atoms with van der Waals surface area (Å²) in [5.41, 5.74) is 1.01. The third-order valence-corrected chi connectivity index (χ3v) is 4.02. The average molecular weight is 378 g/mol. The number of para-hydroxylation sites is 1. The first kappa shape index (κ1) is 18.8. The Morgan fingerprint density at radius 2 is 1.75 bits per heavy atom. The molecular weight excluding hydrogens is 360 g/mol. The molecule has 142 valence electrons. The van der Waals surface area contributed by atoms with Crippen LogP contribution >= 0.6 is 0 Å². The molecule has 3 aromatic rings. The van der Waals surface area contributed by atoms with Gasteiger partial charge in [-0.15, -0.1) is 0 Å². The van der Waals surface area contributed by atoms with Crippen LogP contribution in [0, 0.1) is 0 Å². The topological polar surface area (TPSA) is 113 Å². The van der Waals surface area contributed by atoms with Crippen LogP contribution in [-0.2, 0) is 0 Å². The molecule has 0 aliphatic carbocycles. The van der Waals surface area contributed by atoms with Gasteiger partial charge in [-0.1, -0.05) is 12.1 Å². The van der Waals surface area contributed by atoms with Crippen molar-refractivity contribution < 1.29 is 14.3 Å².